The number of benzene rings is 2. The number of nitrogens with one attached hydrogen (secondary N) is 1. The van der Waals surface area contributed by atoms with Crippen LogP contribution in [0.15, 0.2) is 60.9 Å². The number of hydrogen-bond donors (Lipinski definition) is 2. The van der Waals surface area contributed by atoms with Gasteiger partial charge in [0, 0.05) is 23.5 Å². The van der Waals surface area contributed by atoms with E-state index in [0.29, 0.717) is 22.8 Å². The van der Waals surface area contributed by atoms with Crippen LogP contribution in [0.25, 0.3) is 23.3 Å². The first-order chi connectivity index (χ1) is 15.9. The van der Waals surface area contributed by atoms with Crippen molar-refractivity contribution in [2.45, 2.75) is 19.4 Å². The van der Waals surface area contributed by atoms with Crippen LogP contribution in [0.1, 0.15) is 33.5 Å². The maximum absolute atomic E-state index is 13.1. The van der Waals surface area contributed by atoms with E-state index in [9.17, 15) is 14.7 Å². The molecule has 2 N–H and O–H groups in total. The first kappa shape index (κ1) is 27.7. The number of aliphatic carboxylic acids is 1. The molecule has 8 heteroatoms. The predicted molar refractivity (Wildman–Crippen MR) is 137 cm³/mol. The van der Waals surface area contributed by atoms with Crippen LogP contribution >= 0.6 is 23.4 Å². The normalized spacial score (nSPS) is 11.6. The maximum Gasteiger partial charge on any atom is 1.00 e. The van der Waals surface area contributed by atoms with E-state index in [1.165, 1.54) is 0 Å². The standard InChI is InChI=1S/C26H25ClN2O3S.Li/c1-17-5-3-4-6-20(17)22-15-18(7-9-19-16-28-13-11-23(19)27)8-10-21(22)25(30)29-24(26(31)32)12-14-33-2;/h3-11,13,15-16,24H,12,14H2,1-2H3,(H,29,30)(H,31,32);/q;+1/b9-7+;. The number of carbonyl (C=O) groups is 2. The van der Waals surface area contributed by atoms with Gasteiger partial charge in [-0.3, -0.25) is 9.78 Å². The predicted octanol–water partition coefficient (Wildman–Crippen LogP) is 2.82. The van der Waals surface area contributed by atoms with Crippen molar-refractivity contribution < 1.29 is 33.6 Å². The Morgan fingerprint density at radius 1 is 1.15 bits per heavy atom. The van der Waals surface area contributed by atoms with E-state index in [0.717, 1.165) is 27.8 Å². The Morgan fingerprint density at radius 3 is 2.59 bits per heavy atom. The number of aromatic nitrogens is 1. The minimum Gasteiger partial charge on any atom is -0.480 e. The SMILES string of the molecule is CSCCC(NC(=O)c1ccc(/C=C/c2cnccc2Cl)cc1-c1ccccc1C)C(=O)O.[Li+]. The van der Waals surface area contributed by atoms with Crippen LogP contribution in [0.4, 0.5) is 0 Å². The molecular formula is C26H25ClLiN2O3S+. The zero-order chi connectivity index (χ0) is 23.8. The van der Waals surface area contributed by atoms with Crippen LogP contribution in [-0.4, -0.2) is 40.0 Å². The summed E-state index contributed by atoms with van der Waals surface area (Å²) in [6.07, 6.45) is 9.35. The van der Waals surface area contributed by atoms with E-state index >= 15 is 0 Å². The van der Waals surface area contributed by atoms with E-state index < -0.39 is 17.9 Å². The summed E-state index contributed by atoms with van der Waals surface area (Å²) in [5, 5.41) is 12.8. The van der Waals surface area contributed by atoms with Crippen molar-refractivity contribution in [1.29, 1.82) is 0 Å². The number of amides is 1. The van der Waals surface area contributed by atoms with Gasteiger partial charge in [0.15, 0.2) is 0 Å². The summed E-state index contributed by atoms with van der Waals surface area (Å²) in [5.74, 6) is -0.807. The van der Waals surface area contributed by atoms with Crippen LogP contribution < -0.4 is 24.2 Å². The van der Waals surface area contributed by atoms with Gasteiger partial charge in [0.05, 0.1) is 5.02 Å². The first-order valence-corrected chi connectivity index (χ1v) is 12.2. The van der Waals surface area contributed by atoms with Gasteiger partial charge in [0.25, 0.3) is 5.91 Å². The molecule has 3 aromatic rings. The van der Waals surface area contributed by atoms with Crippen molar-refractivity contribution in [2.75, 3.05) is 12.0 Å². The minimum atomic E-state index is -1.04. The molecule has 0 radical (unpaired) electrons. The van der Waals surface area contributed by atoms with E-state index in [1.807, 2.05) is 61.7 Å². The maximum atomic E-state index is 13.1. The molecule has 1 unspecified atom stereocenters. The van der Waals surface area contributed by atoms with Crippen molar-refractivity contribution in [3.8, 4) is 11.1 Å². The van der Waals surface area contributed by atoms with Gasteiger partial charge in [0.1, 0.15) is 6.04 Å². The third-order valence-corrected chi connectivity index (χ3v) is 6.18. The molecule has 0 aliphatic rings. The quantitative estimate of drug-likeness (QED) is 0.454. The molecule has 5 nitrogen and oxygen atoms in total. The molecule has 1 amide bonds. The van der Waals surface area contributed by atoms with Gasteiger partial charge >= 0.3 is 24.8 Å². The average Bonchev–Trinajstić information content (AvgIpc) is 2.81. The van der Waals surface area contributed by atoms with Gasteiger partial charge in [-0.25, -0.2) is 4.79 Å². The minimum absolute atomic E-state index is 0. The second kappa shape index (κ2) is 13.4. The van der Waals surface area contributed by atoms with Crippen LogP contribution in [0.5, 0.6) is 0 Å². The number of aryl methyl sites for hydroxylation is 1. The zero-order valence-corrected chi connectivity index (χ0v) is 21.0. The first-order valence-electron chi connectivity index (χ1n) is 10.4. The largest absolute Gasteiger partial charge is 1.00 e. The Balaban J connectivity index is 0.00000408. The number of carboxylic acids is 1. The molecule has 2 aromatic carbocycles. The van der Waals surface area contributed by atoms with E-state index in [-0.39, 0.29) is 18.9 Å². The third kappa shape index (κ3) is 7.25. The summed E-state index contributed by atoms with van der Waals surface area (Å²) in [4.78, 5) is 28.9. The fourth-order valence-electron chi connectivity index (χ4n) is 3.39. The van der Waals surface area contributed by atoms with E-state index in [1.54, 1.807) is 36.3 Å². The molecule has 0 bridgehead atoms. The second-order valence-electron chi connectivity index (χ2n) is 7.50. The molecule has 1 atom stereocenters. The van der Waals surface area contributed by atoms with Crippen molar-refractivity contribution in [2.24, 2.45) is 0 Å². The molecule has 0 fully saturated rings. The molecule has 0 saturated heterocycles. The smallest absolute Gasteiger partial charge is 0.480 e. The van der Waals surface area contributed by atoms with Gasteiger partial charge in [0.2, 0.25) is 0 Å². The molecular weight excluding hydrogens is 463 g/mol. The monoisotopic (exact) mass is 487 g/mol. The zero-order valence-electron chi connectivity index (χ0n) is 19.4. The summed E-state index contributed by atoms with van der Waals surface area (Å²) in [6, 6.07) is 14.1. The van der Waals surface area contributed by atoms with Gasteiger partial charge in [-0.1, -0.05) is 54.1 Å². The molecule has 0 spiro atoms. The number of carboxylic acid groups (broad SMARTS) is 1. The Bertz CT molecular complexity index is 1190. The number of hydrogen-bond acceptors (Lipinski definition) is 4. The number of rotatable bonds is 9. The molecule has 34 heavy (non-hydrogen) atoms. The molecule has 1 heterocycles. The number of pyridine rings is 1. The van der Waals surface area contributed by atoms with E-state index in [2.05, 4.69) is 10.3 Å². The molecule has 3 rings (SSSR count). The average molecular weight is 488 g/mol. The third-order valence-electron chi connectivity index (χ3n) is 5.19. The van der Waals surface area contributed by atoms with Crippen LogP contribution in [0.2, 0.25) is 5.02 Å². The topological polar surface area (TPSA) is 79.3 Å². The van der Waals surface area contributed by atoms with Crippen molar-refractivity contribution in [1.82, 2.24) is 10.3 Å². The summed E-state index contributed by atoms with van der Waals surface area (Å²) >= 11 is 7.76. The van der Waals surface area contributed by atoms with Crippen molar-refractivity contribution >= 4 is 47.4 Å². The fourth-order valence-corrected chi connectivity index (χ4v) is 4.03. The molecule has 0 aliphatic carbocycles. The Labute approximate surface area is 221 Å². The Morgan fingerprint density at radius 2 is 1.91 bits per heavy atom. The fraction of sp³-hybridized carbons (Fsp3) is 0.192. The van der Waals surface area contributed by atoms with Gasteiger partial charge in [-0.05, 0) is 65.8 Å². The second-order valence-corrected chi connectivity index (χ2v) is 8.89. The summed E-state index contributed by atoms with van der Waals surface area (Å²) in [5.41, 5.74) is 4.75. The van der Waals surface area contributed by atoms with Crippen LogP contribution in [0.3, 0.4) is 0 Å². The number of thioether (sulfide) groups is 1. The number of carbonyl (C=O) groups excluding carboxylic acids is 1. The number of nitrogens with zero attached hydrogens (tertiary/aromatic N) is 1. The summed E-state index contributed by atoms with van der Waals surface area (Å²) in [7, 11) is 0. The summed E-state index contributed by atoms with van der Waals surface area (Å²) in [6.45, 7) is 1.98. The molecule has 1 aromatic heterocycles. The van der Waals surface area contributed by atoms with Crippen molar-refractivity contribution in [3.05, 3.63) is 88.2 Å². The Hall–Kier alpha value is -2.49. The van der Waals surface area contributed by atoms with E-state index in [4.69, 9.17) is 11.6 Å². The van der Waals surface area contributed by atoms with Crippen LogP contribution in [0, 0.1) is 6.92 Å². The summed E-state index contributed by atoms with van der Waals surface area (Å²) < 4.78 is 0. The molecule has 170 valence electrons. The molecule has 0 saturated carbocycles. The van der Waals surface area contributed by atoms with Gasteiger partial charge in [-0.2, -0.15) is 11.8 Å². The van der Waals surface area contributed by atoms with Gasteiger partial charge in [-0.15, -0.1) is 0 Å². The Kier molecular flexibility index (Phi) is 10.9. The van der Waals surface area contributed by atoms with Gasteiger partial charge < -0.3 is 10.4 Å². The molecule has 0 aliphatic heterocycles. The van der Waals surface area contributed by atoms with Crippen LogP contribution in [-0.2, 0) is 4.79 Å². The van der Waals surface area contributed by atoms with Crippen molar-refractivity contribution in [3.63, 3.8) is 0 Å². The number of halogens is 1.